The first-order chi connectivity index (χ1) is 7.63. The van der Waals surface area contributed by atoms with Crippen LogP contribution in [0, 0.1) is 5.92 Å². The topological polar surface area (TPSA) is 87.8 Å². The normalized spacial score (nSPS) is 20.7. The smallest absolute Gasteiger partial charge is 0.327 e. The maximum absolute atomic E-state index is 11.0. The predicted molar refractivity (Wildman–Crippen MR) is 58.9 cm³/mol. The van der Waals surface area contributed by atoms with Gasteiger partial charge in [-0.3, -0.25) is 4.79 Å². The van der Waals surface area contributed by atoms with Crippen molar-refractivity contribution in [3.63, 3.8) is 0 Å². The summed E-state index contributed by atoms with van der Waals surface area (Å²) < 4.78 is 0. The molecular weight excluding hydrogens is 210 g/mol. The second kappa shape index (κ2) is 6.80. The number of hydrazine groups is 1. The van der Waals surface area contributed by atoms with E-state index in [0.29, 0.717) is 18.9 Å². The SMILES string of the molecule is CC(O)C1CCN(CCC(=O)ONN)CC1. The zero-order valence-electron chi connectivity index (χ0n) is 9.69. The van der Waals surface area contributed by atoms with Crippen molar-refractivity contribution in [1.29, 1.82) is 0 Å². The molecule has 4 N–H and O–H groups in total. The first kappa shape index (κ1) is 13.4. The number of hydrogen-bond acceptors (Lipinski definition) is 6. The van der Waals surface area contributed by atoms with Gasteiger partial charge in [0.15, 0.2) is 0 Å². The van der Waals surface area contributed by atoms with E-state index in [4.69, 9.17) is 5.84 Å². The van der Waals surface area contributed by atoms with E-state index in [1.54, 1.807) is 0 Å². The van der Waals surface area contributed by atoms with Crippen molar-refractivity contribution in [1.82, 2.24) is 10.5 Å². The summed E-state index contributed by atoms with van der Waals surface area (Å²) in [7, 11) is 0. The lowest BCUT2D eigenvalue weighted by Crippen LogP contribution is -2.38. The Labute approximate surface area is 95.7 Å². The van der Waals surface area contributed by atoms with Crippen LogP contribution < -0.4 is 11.4 Å². The van der Waals surface area contributed by atoms with Gasteiger partial charge >= 0.3 is 5.97 Å². The fourth-order valence-electron chi connectivity index (χ4n) is 2.03. The second-order valence-corrected chi connectivity index (χ2v) is 4.26. The van der Waals surface area contributed by atoms with Gasteiger partial charge in [0, 0.05) is 6.54 Å². The number of likely N-dealkylation sites (tertiary alicyclic amines) is 1. The number of aliphatic hydroxyl groups is 1. The van der Waals surface area contributed by atoms with Gasteiger partial charge < -0.3 is 14.8 Å². The lowest BCUT2D eigenvalue weighted by molar-refractivity contribution is -0.151. The van der Waals surface area contributed by atoms with Crippen LogP contribution in [0.1, 0.15) is 26.2 Å². The molecule has 0 aromatic rings. The highest BCUT2D eigenvalue weighted by Gasteiger charge is 2.22. The third-order valence-corrected chi connectivity index (χ3v) is 3.12. The van der Waals surface area contributed by atoms with Gasteiger partial charge in [-0.15, -0.1) is 0 Å². The van der Waals surface area contributed by atoms with E-state index in [2.05, 4.69) is 9.74 Å². The fraction of sp³-hybridized carbons (Fsp3) is 0.900. The second-order valence-electron chi connectivity index (χ2n) is 4.26. The summed E-state index contributed by atoms with van der Waals surface area (Å²) in [4.78, 5) is 17.6. The molecule has 0 spiro atoms. The summed E-state index contributed by atoms with van der Waals surface area (Å²) in [5, 5.41) is 9.44. The molecule has 0 saturated carbocycles. The Morgan fingerprint density at radius 2 is 2.25 bits per heavy atom. The molecule has 6 nitrogen and oxygen atoms in total. The maximum Gasteiger partial charge on any atom is 0.327 e. The average Bonchev–Trinajstić information content (AvgIpc) is 2.27. The van der Waals surface area contributed by atoms with Crippen LogP contribution in [0.4, 0.5) is 0 Å². The van der Waals surface area contributed by atoms with Gasteiger partial charge in [0.25, 0.3) is 0 Å². The van der Waals surface area contributed by atoms with Gasteiger partial charge in [-0.05, 0) is 38.8 Å². The summed E-state index contributed by atoms with van der Waals surface area (Å²) in [6.45, 7) is 4.38. The van der Waals surface area contributed by atoms with Crippen LogP contribution >= 0.6 is 0 Å². The molecule has 0 aromatic heterocycles. The van der Waals surface area contributed by atoms with Crippen LogP contribution in [0.5, 0.6) is 0 Å². The number of carbonyl (C=O) groups excluding carboxylic acids is 1. The quantitative estimate of drug-likeness (QED) is 0.432. The summed E-state index contributed by atoms with van der Waals surface area (Å²) in [5.41, 5.74) is 1.88. The maximum atomic E-state index is 11.0. The zero-order valence-corrected chi connectivity index (χ0v) is 9.69. The third kappa shape index (κ3) is 4.44. The molecule has 1 aliphatic rings. The van der Waals surface area contributed by atoms with E-state index in [-0.39, 0.29) is 12.1 Å². The molecule has 1 unspecified atom stereocenters. The summed E-state index contributed by atoms with van der Waals surface area (Å²) in [6, 6.07) is 0. The van der Waals surface area contributed by atoms with Gasteiger partial charge in [0.1, 0.15) is 0 Å². The van der Waals surface area contributed by atoms with Gasteiger partial charge in [-0.1, -0.05) is 5.59 Å². The Hall–Kier alpha value is -0.690. The molecule has 0 bridgehead atoms. The number of rotatable bonds is 5. The lowest BCUT2D eigenvalue weighted by Gasteiger charge is -2.32. The molecule has 94 valence electrons. The Morgan fingerprint density at radius 1 is 1.62 bits per heavy atom. The van der Waals surface area contributed by atoms with E-state index >= 15 is 0 Å². The molecule has 0 aliphatic carbocycles. The number of piperidine rings is 1. The molecule has 1 heterocycles. The zero-order chi connectivity index (χ0) is 12.0. The van der Waals surface area contributed by atoms with Crippen LogP contribution in [-0.4, -0.2) is 41.7 Å². The molecule has 1 aliphatic heterocycles. The Bertz CT molecular complexity index is 215. The fourth-order valence-corrected chi connectivity index (χ4v) is 2.03. The minimum Gasteiger partial charge on any atom is -0.393 e. The van der Waals surface area contributed by atoms with Crippen LogP contribution in [0.2, 0.25) is 0 Å². The van der Waals surface area contributed by atoms with Crippen LogP contribution in [0.15, 0.2) is 0 Å². The summed E-state index contributed by atoms with van der Waals surface area (Å²) in [6.07, 6.45) is 2.08. The number of nitrogens with zero attached hydrogens (tertiary/aromatic N) is 1. The summed E-state index contributed by atoms with van der Waals surface area (Å²) >= 11 is 0. The standard InChI is InChI=1S/C10H21N3O3/c1-8(14)9-2-5-13(6-3-9)7-4-10(15)16-12-11/h8-9,12,14H,2-7,11H2,1H3. The highest BCUT2D eigenvalue weighted by atomic mass is 16.7. The minimum atomic E-state index is -0.347. The van der Waals surface area contributed by atoms with E-state index in [1.165, 1.54) is 0 Å². The number of nitrogens with one attached hydrogen (secondary N) is 1. The molecule has 6 heteroatoms. The van der Waals surface area contributed by atoms with E-state index in [9.17, 15) is 9.90 Å². The number of carbonyl (C=O) groups is 1. The van der Waals surface area contributed by atoms with Crippen molar-refractivity contribution in [2.45, 2.75) is 32.3 Å². The minimum absolute atomic E-state index is 0.228. The molecule has 0 aromatic carbocycles. The van der Waals surface area contributed by atoms with Crippen LogP contribution in [0.3, 0.4) is 0 Å². The largest absolute Gasteiger partial charge is 0.393 e. The van der Waals surface area contributed by atoms with Crippen LogP contribution in [0.25, 0.3) is 0 Å². The molecule has 1 fully saturated rings. The molecule has 0 radical (unpaired) electrons. The number of aliphatic hydroxyl groups excluding tert-OH is 1. The Balaban J connectivity index is 2.15. The number of hydrogen-bond donors (Lipinski definition) is 3. The van der Waals surface area contributed by atoms with Crippen molar-refractivity contribution < 1.29 is 14.7 Å². The Morgan fingerprint density at radius 3 is 2.75 bits per heavy atom. The van der Waals surface area contributed by atoms with Gasteiger partial charge in [0.05, 0.1) is 12.5 Å². The molecule has 1 atom stereocenters. The third-order valence-electron chi connectivity index (χ3n) is 3.12. The van der Waals surface area contributed by atoms with Crippen molar-refractivity contribution in [3.05, 3.63) is 0 Å². The Kier molecular flexibility index (Phi) is 5.68. The van der Waals surface area contributed by atoms with Crippen molar-refractivity contribution in [2.75, 3.05) is 19.6 Å². The monoisotopic (exact) mass is 231 g/mol. The van der Waals surface area contributed by atoms with Crippen LogP contribution in [-0.2, 0) is 9.63 Å². The molecule has 0 amide bonds. The van der Waals surface area contributed by atoms with E-state index in [1.807, 2.05) is 12.5 Å². The summed E-state index contributed by atoms with van der Waals surface area (Å²) in [5.74, 6) is 4.91. The molecule has 1 rings (SSSR count). The van der Waals surface area contributed by atoms with Gasteiger partial charge in [0.2, 0.25) is 0 Å². The van der Waals surface area contributed by atoms with E-state index < -0.39 is 0 Å². The molecule has 1 saturated heterocycles. The molecule has 16 heavy (non-hydrogen) atoms. The molecular formula is C10H21N3O3. The first-order valence-electron chi connectivity index (χ1n) is 5.69. The van der Waals surface area contributed by atoms with Crippen molar-refractivity contribution in [3.8, 4) is 0 Å². The highest BCUT2D eigenvalue weighted by molar-refractivity contribution is 5.69. The number of nitrogens with two attached hydrogens (primary N) is 1. The van der Waals surface area contributed by atoms with E-state index in [0.717, 1.165) is 25.9 Å². The average molecular weight is 231 g/mol. The lowest BCUT2D eigenvalue weighted by atomic mass is 9.92. The van der Waals surface area contributed by atoms with Gasteiger partial charge in [-0.2, -0.15) is 0 Å². The van der Waals surface area contributed by atoms with Crippen molar-refractivity contribution >= 4 is 5.97 Å². The van der Waals surface area contributed by atoms with Crippen molar-refractivity contribution in [2.24, 2.45) is 11.8 Å². The highest BCUT2D eigenvalue weighted by Crippen LogP contribution is 2.20. The first-order valence-corrected chi connectivity index (χ1v) is 5.69. The predicted octanol–water partition coefficient (Wildman–Crippen LogP) is -0.609. The van der Waals surface area contributed by atoms with Gasteiger partial charge in [-0.25, -0.2) is 5.84 Å².